The number of nitrogens with one attached hydrogen (secondary N) is 1. The monoisotopic (exact) mass is 295 g/mol. The molecule has 0 saturated carbocycles. The average Bonchev–Trinajstić information content (AvgIpc) is 2.70. The number of urea groups is 1. The largest absolute Gasteiger partial charge is 0.333 e. The number of nitrogens with zero attached hydrogens (tertiary/aromatic N) is 2. The summed E-state index contributed by atoms with van der Waals surface area (Å²) in [6, 6.07) is 0.109. The molecule has 4 nitrogen and oxygen atoms in total. The molecule has 2 saturated heterocycles. The van der Waals surface area contributed by atoms with Gasteiger partial charge in [-0.25, -0.2) is 4.79 Å². The number of piperidine rings is 1. The third-order valence-corrected chi connectivity index (χ3v) is 4.98. The van der Waals surface area contributed by atoms with Gasteiger partial charge in [0, 0.05) is 24.2 Å². The van der Waals surface area contributed by atoms with E-state index in [1.165, 1.54) is 19.3 Å². The van der Waals surface area contributed by atoms with Crippen molar-refractivity contribution in [2.45, 2.75) is 71.9 Å². The van der Waals surface area contributed by atoms with Crippen LogP contribution in [0.2, 0.25) is 0 Å². The lowest BCUT2D eigenvalue weighted by Gasteiger charge is -2.45. The van der Waals surface area contributed by atoms with Crippen molar-refractivity contribution in [3.05, 3.63) is 0 Å². The van der Waals surface area contributed by atoms with Crippen LogP contribution in [0.25, 0.3) is 0 Å². The highest BCUT2D eigenvalue weighted by atomic mass is 16.2. The predicted octanol–water partition coefficient (Wildman–Crippen LogP) is 3.08. The molecule has 4 heteroatoms. The van der Waals surface area contributed by atoms with Crippen LogP contribution in [0, 0.1) is 5.41 Å². The van der Waals surface area contributed by atoms with Crippen LogP contribution in [-0.2, 0) is 0 Å². The molecule has 122 valence electrons. The number of hydrogen-bond acceptors (Lipinski definition) is 2. The summed E-state index contributed by atoms with van der Waals surface area (Å²) in [6.45, 7) is 17.2. The lowest BCUT2D eigenvalue weighted by Crippen LogP contribution is -2.51. The molecule has 2 heterocycles. The highest BCUT2D eigenvalue weighted by Crippen LogP contribution is 2.41. The fourth-order valence-corrected chi connectivity index (χ4v) is 3.57. The van der Waals surface area contributed by atoms with Crippen molar-refractivity contribution in [3.63, 3.8) is 0 Å². The van der Waals surface area contributed by atoms with Crippen molar-refractivity contribution >= 4 is 6.03 Å². The Morgan fingerprint density at radius 3 is 1.95 bits per heavy atom. The topological polar surface area (TPSA) is 35.6 Å². The van der Waals surface area contributed by atoms with Crippen LogP contribution in [0.15, 0.2) is 0 Å². The Labute approximate surface area is 130 Å². The van der Waals surface area contributed by atoms with E-state index in [9.17, 15) is 4.79 Å². The van der Waals surface area contributed by atoms with Gasteiger partial charge in [-0.05, 0) is 79.3 Å². The van der Waals surface area contributed by atoms with Gasteiger partial charge in [-0.15, -0.1) is 0 Å². The predicted molar refractivity (Wildman–Crippen MR) is 87.5 cm³/mol. The van der Waals surface area contributed by atoms with Gasteiger partial charge in [0.05, 0.1) is 0 Å². The van der Waals surface area contributed by atoms with Crippen LogP contribution in [0.3, 0.4) is 0 Å². The summed E-state index contributed by atoms with van der Waals surface area (Å²) >= 11 is 0. The molecule has 21 heavy (non-hydrogen) atoms. The molecular weight excluding hydrogens is 262 g/mol. The van der Waals surface area contributed by atoms with Crippen LogP contribution in [0.4, 0.5) is 4.79 Å². The summed E-state index contributed by atoms with van der Waals surface area (Å²) in [5.41, 5.74) is 0.489. The Bertz CT molecular complexity index is 384. The Hall–Kier alpha value is -0.770. The van der Waals surface area contributed by atoms with Crippen molar-refractivity contribution in [1.29, 1.82) is 0 Å². The maximum absolute atomic E-state index is 12.3. The second kappa shape index (κ2) is 5.45. The third kappa shape index (κ3) is 4.12. The van der Waals surface area contributed by atoms with Gasteiger partial charge >= 0.3 is 6.03 Å². The van der Waals surface area contributed by atoms with Gasteiger partial charge in [0.25, 0.3) is 0 Å². The molecule has 0 unspecified atom stereocenters. The first-order valence-electron chi connectivity index (χ1n) is 8.33. The van der Waals surface area contributed by atoms with E-state index in [2.05, 4.69) is 31.0 Å². The van der Waals surface area contributed by atoms with E-state index >= 15 is 0 Å². The molecule has 0 aromatic rings. The Kier molecular flexibility index (Phi) is 4.31. The van der Waals surface area contributed by atoms with E-state index < -0.39 is 0 Å². The van der Waals surface area contributed by atoms with Crippen molar-refractivity contribution in [2.24, 2.45) is 5.41 Å². The van der Waals surface area contributed by atoms with Gasteiger partial charge in [0.2, 0.25) is 0 Å². The van der Waals surface area contributed by atoms with Crippen molar-refractivity contribution in [2.75, 3.05) is 26.2 Å². The van der Waals surface area contributed by atoms with Crippen molar-refractivity contribution < 1.29 is 4.79 Å². The van der Waals surface area contributed by atoms with Crippen LogP contribution in [0.1, 0.15) is 60.8 Å². The Balaban J connectivity index is 1.90. The van der Waals surface area contributed by atoms with E-state index in [0.717, 1.165) is 26.2 Å². The van der Waals surface area contributed by atoms with Gasteiger partial charge in [0.15, 0.2) is 0 Å². The molecule has 0 bridgehead atoms. The second-order valence-corrected chi connectivity index (χ2v) is 9.01. The van der Waals surface area contributed by atoms with E-state index in [4.69, 9.17) is 0 Å². The molecule has 0 aromatic heterocycles. The molecule has 1 spiro atoms. The standard InChI is InChI=1S/C17H33N3O/c1-15(2,3)18-14(21)19-10-7-17(13-19)8-11-20(12-9-17)16(4,5)6/h7-13H2,1-6H3,(H,18,21). The summed E-state index contributed by atoms with van der Waals surface area (Å²) < 4.78 is 0. The minimum atomic E-state index is -0.150. The zero-order valence-corrected chi connectivity index (χ0v) is 14.8. The van der Waals surface area contributed by atoms with Crippen molar-refractivity contribution in [3.8, 4) is 0 Å². The number of hydrogen-bond donors (Lipinski definition) is 1. The van der Waals surface area contributed by atoms with Gasteiger partial charge in [-0.3, -0.25) is 4.90 Å². The molecule has 0 radical (unpaired) electrons. The van der Waals surface area contributed by atoms with Crippen molar-refractivity contribution in [1.82, 2.24) is 15.1 Å². The molecule has 2 amide bonds. The van der Waals surface area contributed by atoms with Gasteiger partial charge < -0.3 is 10.2 Å². The molecular formula is C17H33N3O. The van der Waals surface area contributed by atoms with Crippen LogP contribution in [-0.4, -0.2) is 53.1 Å². The average molecular weight is 295 g/mol. The number of rotatable bonds is 0. The maximum Gasteiger partial charge on any atom is 0.317 e. The van der Waals surface area contributed by atoms with Gasteiger partial charge in [0.1, 0.15) is 0 Å². The number of likely N-dealkylation sites (tertiary alicyclic amines) is 2. The molecule has 0 atom stereocenters. The normalized spacial score (nSPS) is 23.6. The van der Waals surface area contributed by atoms with E-state index in [-0.39, 0.29) is 17.1 Å². The third-order valence-electron chi connectivity index (χ3n) is 4.98. The number of amides is 2. The second-order valence-electron chi connectivity index (χ2n) is 9.01. The molecule has 2 rings (SSSR count). The summed E-state index contributed by atoms with van der Waals surface area (Å²) in [4.78, 5) is 16.9. The number of carbonyl (C=O) groups is 1. The lowest BCUT2D eigenvalue weighted by molar-refractivity contribution is 0.0475. The van der Waals surface area contributed by atoms with E-state index in [1.807, 2.05) is 25.7 Å². The summed E-state index contributed by atoms with van der Waals surface area (Å²) in [5, 5.41) is 3.09. The molecule has 2 aliphatic rings. The summed E-state index contributed by atoms with van der Waals surface area (Å²) in [5.74, 6) is 0. The Morgan fingerprint density at radius 1 is 0.952 bits per heavy atom. The molecule has 0 aromatic carbocycles. The first-order valence-corrected chi connectivity index (χ1v) is 8.33. The van der Waals surface area contributed by atoms with Gasteiger partial charge in [-0.1, -0.05) is 0 Å². The van der Waals surface area contributed by atoms with Crippen LogP contribution in [0.5, 0.6) is 0 Å². The first kappa shape index (κ1) is 16.6. The van der Waals surface area contributed by atoms with Crippen LogP contribution < -0.4 is 5.32 Å². The summed E-state index contributed by atoms with van der Waals surface area (Å²) in [6.07, 6.45) is 3.62. The fourth-order valence-electron chi connectivity index (χ4n) is 3.57. The Morgan fingerprint density at radius 2 is 1.48 bits per heavy atom. The number of carbonyl (C=O) groups excluding carboxylic acids is 1. The van der Waals surface area contributed by atoms with Gasteiger partial charge in [-0.2, -0.15) is 0 Å². The molecule has 2 fully saturated rings. The lowest BCUT2D eigenvalue weighted by atomic mass is 9.77. The fraction of sp³-hybridized carbons (Fsp3) is 0.941. The zero-order valence-electron chi connectivity index (χ0n) is 14.8. The maximum atomic E-state index is 12.3. The van der Waals surface area contributed by atoms with E-state index in [0.29, 0.717) is 5.41 Å². The molecule has 0 aliphatic carbocycles. The first-order chi connectivity index (χ1) is 9.51. The molecule has 1 N–H and O–H groups in total. The highest BCUT2D eigenvalue weighted by molar-refractivity contribution is 5.75. The summed E-state index contributed by atoms with van der Waals surface area (Å²) in [7, 11) is 0. The quantitative estimate of drug-likeness (QED) is 0.745. The minimum Gasteiger partial charge on any atom is -0.333 e. The van der Waals surface area contributed by atoms with Crippen LogP contribution >= 0.6 is 0 Å². The smallest absolute Gasteiger partial charge is 0.317 e. The highest BCUT2D eigenvalue weighted by Gasteiger charge is 2.43. The zero-order chi connectivity index (χ0) is 15.9. The van der Waals surface area contributed by atoms with E-state index in [1.54, 1.807) is 0 Å². The minimum absolute atomic E-state index is 0.109. The SMILES string of the molecule is CC(C)(C)NC(=O)N1CCC2(CCN(C(C)(C)C)CC2)C1. The molecule has 2 aliphatic heterocycles.